The van der Waals surface area contributed by atoms with Crippen molar-refractivity contribution in [3.05, 3.63) is 53.2 Å². The number of carbonyl (C=O) groups excluding carboxylic acids is 1. The van der Waals surface area contributed by atoms with Gasteiger partial charge >= 0.3 is 0 Å². The number of hydrogen-bond donors (Lipinski definition) is 1. The zero-order valence-corrected chi connectivity index (χ0v) is 11.0. The van der Waals surface area contributed by atoms with Crippen molar-refractivity contribution in [3.63, 3.8) is 0 Å². The van der Waals surface area contributed by atoms with Gasteiger partial charge in [0, 0.05) is 18.2 Å². The number of Topliss-reactive ketones (excluding diaryl/α,β-unsaturated/α-hetero) is 1. The molecule has 0 aliphatic rings. The van der Waals surface area contributed by atoms with E-state index in [0.29, 0.717) is 11.3 Å². The Morgan fingerprint density at radius 2 is 2.05 bits per heavy atom. The quantitative estimate of drug-likeness (QED) is 0.853. The van der Waals surface area contributed by atoms with Gasteiger partial charge in [0.15, 0.2) is 5.78 Å². The van der Waals surface area contributed by atoms with Gasteiger partial charge in [0.1, 0.15) is 11.6 Å². The van der Waals surface area contributed by atoms with Crippen molar-refractivity contribution in [2.75, 3.05) is 12.8 Å². The number of ether oxygens (including phenoxy) is 1. The van der Waals surface area contributed by atoms with Gasteiger partial charge in [0.2, 0.25) is 0 Å². The van der Waals surface area contributed by atoms with Crippen LogP contribution in [-0.2, 0) is 6.42 Å². The van der Waals surface area contributed by atoms with E-state index in [2.05, 4.69) is 4.98 Å². The highest BCUT2D eigenvalue weighted by Gasteiger charge is 2.15. The second-order valence-electron chi connectivity index (χ2n) is 4.30. The Hall–Kier alpha value is -2.36. The lowest BCUT2D eigenvalue weighted by molar-refractivity contribution is 0.0992. The number of nitrogens with zero attached hydrogens (tertiary/aromatic N) is 1. The maximum atomic E-state index is 12.3. The van der Waals surface area contributed by atoms with Crippen LogP contribution in [-0.4, -0.2) is 17.9 Å². The zero-order valence-electron chi connectivity index (χ0n) is 11.0. The predicted octanol–water partition coefficient (Wildman–Crippen LogP) is 2.41. The Morgan fingerprint density at radius 3 is 2.74 bits per heavy atom. The smallest absolute Gasteiger partial charge is 0.171 e. The van der Waals surface area contributed by atoms with Gasteiger partial charge in [-0.25, -0.2) is 4.98 Å². The third-order valence-electron chi connectivity index (χ3n) is 3.01. The first kappa shape index (κ1) is 13.1. The van der Waals surface area contributed by atoms with E-state index in [-0.39, 0.29) is 18.0 Å². The van der Waals surface area contributed by atoms with E-state index in [0.717, 1.165) is 11.1 Å². The summed E-state index contributed by atoms with van der Waals surface area (Å²) in [6.07, 6.45) is 1.85. The highest BCUT2D eigenvalue weighted by atomic mass is 16.5. The molecule has 0 spiro atoms. The molecule has 0 radical (unpaired) electrons. The summed E-state index contributed by atoms with van der Waals surface area (Å²) in [5, 5.41) is 0. The molecular weight excluding hydrogens is 240 g/mol. The van der Waals surface area contributed by atoms with Crippen LogP contribution in [0.15, 0.2) is 36.5 Å². The molecule has 4 nitrogen and oxygen atoms in total. The molecule has 98 valence electrons. The summed E-state index contributed by atoms with van der Waals surface area (Å²) in [4.78, 5) is 16.3. The minimum Gasteiger partial charge on any atom is -0.496 e. The van der Waals surface area contributed by atoms with Crippen molar-refractivity contribution in [2.45, 2.75) is 13.3 Å². The number of aryl methyl sites for hydroxylation is 1. The first-order valence-corrected chi connectivity index (χ1v) is 5.99. The van der Waals surface area contributed by atoms with E-state index >= 15 is 0 Å². The monoisotopic (exact) mass is 256 g/mol. The van der Waals surface area contributed by atoms with Crippen LogP contribution >= 0.6 is 0 Å². The van der Waals surface area contributed by atoms with Crippen molar-refractivity contribution in [2.24, 2.45) is 0 Å². The molecule has 2 aromatic rings. The maximum absolute atomic E-state index is 12.3. The number of methoxy groups -OCH3 is 1. The third kappa shape index (κ3) is 2.73. The number of para-hydroxylation sites is 1. The lowest BCUT2D eigenvalue weighted by Gasteiger charge is -2.10. The third-order valence-corrected chi connectivity index (χ3v) is 3.01. The Bertz CT molecular complexity index is 589. The molecule has 1 aromatic heterocycles. The van der Waals surface area contributed by atoms with Crippen LogP contribution in [0.1, 0.15) is 21.5 Å². The SMILES string of the molecule is COc1ccccc1CC(=O)c1c(C)ccnc1N. The number of nitrogen functional groups attached to an aromatic ring is 1. The van der Waals surface area contributed by atoms with E-state index in [1.807, 2.05) is 31.2 Å². The molecule has 0 aliphatic carbocycles. The van der Waals surface area contributed by atoms with Gasteiger partial charge in [0.05, 0.1) is 12.7 Å². The topological polar surface area (TPSA) is 65.2 Å². The Morgan fingerprint density at radius 1 is 1.32 bits per heavy atom. The van der Waals surface area contributed by atoms with E-state index in [9.17, 15) is 4.79 Å². The number of anilines is 1. The highest BCUT2D eigenvalue weighted by molar-refractivity contribution is 6.02. The number of hydrogen-bond acceptors (Lipinski definition) is 4. The summed E-state index contributed by atoms with van der Waals surface area (Å²) in [5.41, 5.74) is 7.96. The fourth-order valence-corrected chi connectivity index (χ4v) is 2.05. The molecule has 0 amide bonds. The van der Waals surface area contributed by atoms with Gasteiger partial charge < -0.3 is 10.5 Å². The summed E-state index contributed by atoms with van der Waals surface area (Å²) in [6.45, 7) is 1.85. The molecule has 0 fully saturated rings. The van der Waals surface area contributed by atoms with Crippen molar-refractivity contribution < 1.29 is 9.53 Å². The summed E-state index contributed by atoms with van der Waals surface area (Å²) in [5.74, 6) is 0.934. The number of nitrogens with two attached hydrogens (primary N) is 1. The molecule has 0 bridgehead atoms. The summed E-state index contributed by atoms with van der Waals surface area (Å²) in [6, 6.07) is 9.24. The standard InChI is InChI=1S/C15H16N2O2/c1-10-7-8-17-15(16)14(10)12(18)9-11-5-3-4-6-13(11)19-2/h3-8H,9H2,1-2H3,(H2,16,17). The molecule has 1 heterocycles. The second-order valence-corrected chi connectivity index (χ2v) is 4.30. The summed E-state index contributed by atoms with van der Waals surface area (Å²) in [7, 11) is 1.59. The fourth-order valence-electron chi connectivity index (χ4n) is 2.05. The number of carbonyl (C=O) groups is 1. The second kappa shape index (κ2) is 5.52. The van der Waals surface area contributed by atoms with Crippen LogP contribution in [0.3, 0.4) is 0 Å². The van der Waals surface area contributed by atoms with Crippen LogP contribution in [0.25, 0.3) is 0 Å². The molecule has 0 atom stereocenters. The lowest BCUT2D eigenvalue weighted by atomic mass is 9.99. The zero-order chi connectivity index (χ0) is 13.8. The number of aromatic nitrogens is 1. The summed E-state index contributed by atoms with van der Waals surface area (Å²) >= 11 is 0. The van der Waals surface area contributed by atoms with E-state index < -0.39 is 0 Å². The van der Waals surface area contributed by atoms with Crippen LogP contribution in [0, 0.1) is 6.92 Å². The van der Waals surface area contributed by atoms with Gasteiger partial charge in [-0.05, 0) is 24.6 Å². The first-order valence-electron chi connectivity index (χ1n) is 5.99. The maximum Gasteiger partial charge on any atom is 0.171 e. The van der Waals surface area contributed by atoms with Crippen molar-refractivity contribution in [3.8, 4) is 5.75 Å². The minimum atomic E-state index is -0.0485. The molecule has 0 aliphatic heterocycles. The normalized spacial score (nSPS) is 10.2. The van der Waals surface area contributed by atoms with Gasteiger partial charge in [-0.3, -0.25) is 4.79 Å². The van der Waals surface area contributed by atoms with Gasteiger partial charge in [0.25, 0.3) is 0 Å². The molecule has 0 saturated carbocycles. The highest BCUT2D eigenvalue weighted by Crippen LogP contribution is 2.22. The minimum absolute atomic E-state index is 0.0485. The molecule has 19 heavy (non-hydrogen) atoms. The Balaban J connectivity index is 2.31. The van der Waals surface area contributed by atoms with Crippen LogP contribution in [0.4, 0.5) is 5.82 Å². The molecule has 0 unspecified atom stereocenters. The first-order chi connectivity index (χ1) is 9.13. The lowest BCUT2D eigenvalue weighted by Crippen LogP contribution is -2.11. The number of benzene rings is 1. The molecular formula is C15H16N2O2. The molecule has 2 rings (SSSR count). The molecule has 2 N–H and O–H groups in total. The largest absolute Gasteiger partial charge is 0.496 e. The average molecular weight is 256 g/mol. The average Bonchev–Trinajstić information content (AvgIpc) is 2.39. The van der Waals surface area contributed by atoms with Crippen LogP contribution < -0.4 is 10.5 Å². The molecule has 0 saturated heterocycles. The molecule has 1 aromatic carbocycles. The van der Waals surface area contributed by atoms with E-state index in [1.165, 1.54) is 0 Å². The van der Waals surface area contributed by atoms with E-state index in [1.54, 1.807) is 19.4 Å². The van der Waals surface area contributed by atoms with Crippen LogP contribution in [0.2, 0.25) is 0 Å². The van der Waals surface area contributed by atoms with E-state index in [4.69, 9.17) is 10.5 Å². The van der Waals surface area contributed by atoms with Gasteiger partial charge in [-0.2, -0.15) is 0 Å². The fraction of sp³-hybridized carbons (Fsp3) is 0.200. The Kier molecular flexibility index (Phi) is 3.80. The predicted molar refractivity (Wildman–Crippen MR) is 74.4 cm³/mol. The van der Waals surface area contributed by atoms with Gasteiger partial charge in [-0.15, -0.1) is 0 Å². The van der Waals surface area contributed by atoms with Gasteiger partial charge in [-0.1, -0.05) is 18.2 Å². The number of pyridine rings is 1. The van der Waals surface area contributed by atoms with Crippen LogP contribution in [0.5, 0.6) is 5.75 Å². The molecule has 4 heteroatoms. The number of rotatable bonds is 4. The number of ketones is 1. The Labute approximate surface area is 112 Å². The van der Waals surface area contributed by atoms with Crippen molar-refractivity contribution in [1.82, 2.24) is 4.98 Å². The summed E-state index contributed by atoms with van der Waals surface area (Å²) < 4.78 is 5.24. The van der Waals surface area contributed by atoms with Crippen molar-refractivity contribution >= 4 is 11.6 Å². The van der Waals surface area contributed by atoms with Crippen molar-refractivity contribution in [1.29, 1.82) is 0 Å².